The molecule has 1 aromatic carbocycles. The number of para-hydroxylation sites is 1. The highest BCUT2D eigenvalue weighted by Gasteiger charge is 2.16. The zero-order valence-corrected chi connectivity index (χ0v) is 14.6. The number of pyridine rings is 2. The first-order valence-corrected chi connectivity index (χ1v) is 8.08. The minimum absolute atomic E-state index is 0.248. The molecule has 0 bridgehead atoms. The largest absolute Gasteiger partial charge is 0.493 e. The lowest BCUT2D eigenvalue weighted by Gasteiger charge is -2.13. The van der Waals surface area contributed by atoms with Gasteiger partial charge in [0.2, 0.25) is 0 Å². The number of benzene rings is 1. The van der Waals surface area contributed by atoms with Gasteiger partial charge < -0.3 is 14.8 Å². The van der Waals surface area contributed by atoms with E-state index in [9.17, 15) is 4.79 Å². The van der Waals surface area contributed by atoms with Crippen LogP contribution in [-0.4, -0.2) is 30.1 Å². The Bertz CT molecular complexity index is 898. The van der Waals surface area contributed by atoms with E-state index in [1.807, 2.05) is 24.3 Å². The Morgan fingerprint density at radius 1 is 1.04 bits per heavy atom. The molecule has 0 fully saturated rings. The normalized spacial score (nSPS) is 10.2. The van der Waals surface area contributed by atoms with Crippen LogP contribution in [0.2, 0.25) is 0 Å². The van der Waals surface area contributed by atoms with E-state index in [1.54, 1.807) is 36.8 Å². The average Bonchev–Trinajstić information content (AvgIpc) is 2.72. The summed E-state index contributed by atoms with van der Waals surface area (Å²) in [4.78, 5) is 21.2. The molecule has 26 heavy (non-hydrogen) atoms. The summed E-state index contributed by atoms with van der Waals surface area (Å²) in [5.41, 5.74) is 3.00. The molecule has 3 aromatic rings. The average molecular weight is 349 g/mol. The Balaban J connectivity index is 1.82. The third-order valence-corrected chi connectivity index (χ3v) is 3.91. The summed E-state index contributed by atoms with van der Waals surface area (Å²) >= 11 is 0. The first kappa shape index (κ1) is 17.4. The summed E-state index contributed by atoms with van der Waals surface area (Å²) < 4.78 is 10.6. The van der Waals surface area contributed by atoms with E-state index in [-0.39, 0.29) is 5.91 Å². The minimum atomic E-state index is -0.248. The number of aromatic nitrogens is 2. The van der Waals surface area contributed by atoms with Gasteiger partial charge in [0.05, 0.1) is 25.5 Å². The number of amides is 1. The number of carbonyl (C=O) groups is 1. The van der Waals surface area contributed by atoms with Crippen molar-refractivity contribution in [3.05, 3.63) is 72.2 Å². The van der Waals surface area contributed by atoms with Crippen molar-refractivity contribution in [2.75, 3.05) is 14.2 Å². The Labute approximate surface area is 151 Å². The van der Waals surface area contributed by atoms with Crippen LogP contribution >= 0.6 is 0 Å². The zero-order valence-electron chi connectivity index (χ0n) is 14.6. The van der Waals surface area contributed by atoms with Crippen LogP contribution in [0.4, 0.5) is 0 Å². The highest BCUT2D eigenvalue weighted by molar-refractivity contribution is 5.97. The summed E-state index contributed by atoms with van der Waals surface area (Å²) in [6, 6.07) is 12.8. The topological polar surface area (TPSA) is 73.3 Å². The van der Waals surface area contributed by atoms with Crippen molar-refractivity contribution in [2.45, 2.75) is 6.54 Å². The molecule has 132 valence electrons. The predicted octanol–water partition coefficient (Wildman–Crippen LogP) is 3.09. The van der Waals surface area contributed by atoms with Crippen molar-refractivity contribution in [1.29, 1.82) is 0 Å². The fraction of sp³-hybridized carbons (Fsp3) is 0.150. The summed E-state index contributed by atoms with van der Waals surface area (Å²) in [6.07, 6.45) is 5.18. The molecule has 6 nitrogen and oxygen atoms in total. The van der Waals surface area contributed by atoms with Gasteiger partial charge in [-0.1, -0.05) is 12.1 Å². The number of rotatable bonds is 6. The second-order valence-electron chi connectivity index (χ2n) is 5.48. The van der Waals surface area contributed by atoms with Crippen LogP contribution in [0.15, 0.2) is 61.1 Å². The number of hydrogen-bond donors (Lipinski definition) is 1. The smallest absolute Gasteiger partial charge is 0.255 e. The maximum Gasteiger partial charge on any atom is 0.255 e. The summed E-state index contributed by atoms with van der Waals surface area (Å²) in [5.74, 6) is 0.672. The number of nitrogens with zero attached hydrogens (tertiary/aromatic N) is 2. The summed E-state index contributed by atoms with van der Waals surface area (Å²) in [7, 11) is 3.05. The number of hydrogen-bond acceptors (Lipinski definition) is 5. The van der Waals surface area contributed by atoms with E-state index < -0.39 is 0 Å². The van der Waals surface area contributed by atoms with E-state index in [1.165, 1.54) is 14.2 Å². The quantitative estimate of drug-likeness (QED) is 0.740. The molecule has 0 aliphatic heterocycles. The third-order valence-electron chi connectivity index (χ3n) is 3.91. The van der Waals surface area contributed by atoms with Gasteiger partial charge in [0.25, 0.3) is 5.91 Å². The molecule has 1 N–H and O–H groups in total. The molecule has 0 aliphatic carbocycles. The lowest BCUT2D eigenvalue weighted by molar-refractivity contribution is 0.0947. The molecule has 0 atom stereocenters. The van der Waals surface area contributed by atoms with Gasteiger partial charge >= 0.3 is 0 Å². The highest BCUT2D eigenvalue weighted by Crippen LogP contribution is 2.30. The molecule has 2 aromatic heterocycles. The lowest BCUT2D eigenvalue weighted by atomic mass is 10.1. The van der Waals surface area contributed by atoms with Crippen LogP contribution in [0.5, 0.6) is 11.5 Å². The molecular formula is C20H19N3O3. The van der Waals surface area contributed by atoms with Crippen LogP contribution in [0.3, 0.4) is 0 Å². The molecule has 3 rings (SSSR count). The standard InChI is InChI=1S/C20H19N3O3/c1-25-17-9-3-8-16(19(17)26-2)20(24)23-13-15-7-5-11-22-18(15)14-6-4-10-21-12-14/h3-12H,13H2,1-2H3,(H,23,24). The maximum absolute atomic E-state index is 12.6. The van der Waals surface area contributed by atoms with E-state index >= 15 is 0 Å². The Hall–Kier alpha value is -3.41. The zero-order chi connectivity index (χ0) is 18.4. The van der Waals surface area contributed by atoms with Gasteiger partial charge in [0.15, 0.2) is 11.5 Å². The van der Waals surface area contributed by atoms with Crippen LogP contribution in [0.25, 0.3) is 11.3 Å². The fourth-order valence-corrected chi connectivity index (χ4v) is 2.68. The van der Waals surface area contributed by atoms with Crippen molar-refractivity contribution in [2.24, 2.45) is 0 Å². The van der Waals surface area contributed by atoms with E-state index in [2.05, 4.69) is 15.3 Å². The van der Waals surface area contributed by atoms with Crippen molar-refractivity contribution in [3.8, 4) is 22.8 Å². The Morgan fingerprint density at radius 3 is 2.62 bits per heavy atom. The number of methoxy groups -OCH3 is 2. The van der Waals surface area contributed by atoms with E-state index in [0.29, 0.717) is 23.6 Å². The van der Waals surface area contributed by atoms with Gasteiger partial charge in [-0.3, -0.25) is 14.8 Å². The molecule has 6 heteroatoms. The summed E-state index contributed by atoms with van der Waals surface area (Å²) in [6.45, 7) is 0.331. The SMILES string of the molecule is COc1cccc(C(=O)NCc2cccnc2-c2cccnc2)c1OC. The van der Waals surface area contributed by atoms with Crippen molar-refractivity contribution in [3.63, 3.8) is 0 Å². The Kier molecular flexibility index (Phi) is 5.43. The monoisotopic (exact) mass is 349 g/mol. The molecule has 0 spiro atoms. The molecule has 0 saturated heterocycles. The van der Waals surface area contributed by atoms with Gasteiger partial charge in [0, 0.05) is 30.7 Å². The van der Waals surface area contributed by atoms with Gasteiger partial charge in [-0.2, -0.15) is 0 Å². The molecule has 0 aliphatic rings. The fourth-order valence-electron chi connectivity index (χ4n) is 2.68. The first-order valence-electron chi connectivity index (χ1n) is 8.08. The summed E-state index contributed by atoms with van der Waals surface area (Å²) in [5, 5.41) is 2.92. The molecule has 2 heterocycles. The Morgan fingerprint density at radius 2 is 1.88 bits per heavy atom. The molecule has 0 saturated carbocycles. The maximum atomic E-state index is 12.6. The molecule has 1 amide bonds. The number of carbonyl (C=O) groups excluding carboxylic acids is 1. The van der Waals surface area contributed by atoms with Crippen molar-refractivity contribution >= 4 is 5.91 Å². The number of nitrogens with one attached hydrogen (secondary N) is 1. The predicted molar refractivity (Wildman–Crippen MR) is 98.2 cm³/mol. The molecule has 0 radical (unpaired) electrons. The van der Waals surface area contributed by atoms with Crippen LogP contribution in [-0.2, 0) is 6.54 Å². The highest BCUT2D eigenvalue weighted by atomic mass is 16.5. The van der Waals surface area contributed by atoms with Crippen LogP contribution in [0.1, 0.15) is 15.9 Å². The van der Waals surface area contributed by atoms with Gasteiger partial charge in [0.1, 0.15) is 0 Å². The number of ether oxygens (including phenoxy) is 2. The minimum Gasteiger partial charge on any atom is -0.493 e. The van der Waals surface area contributed by atoms with Gasteiger partial charge in [-0.05, 0) is 35.9 Å². The second-order valence-corrected chi connectivity index (χ2v) is 5.48. The molecule has 0 unspecified atom stereocenters. The van der Waals surface area contributed by atoms with Crippen LogP contribution < -0.4 is 14.8 Å². The van der Waals surface area contributed by atoms with Crippen LogP contribution in [0, 0.1) is 0 Å². The van der Waals surface area contributed by atoms with Gasteiger partial charge in [-0.25, -0.2) is 0 Å². The van der Waals surface area contributed by atoms with Crippen molar-refractivity contribution < 1.29 is 14.3 Å². The lowest BCUT2D eigenvalue weighted by Crippen LogP contribution is -2.24. The first-order chi connectivity index (χ1) is 12.7. The third kappa shape index (κ3) is 3.64. The van der Waals surface area contributed by atoms with Crippen molar-refractivity contribution in [1.82, 2.24) is 15.3 Å². The second kappa shape index (κ2) is 8.11. The van der Waals surface area contributed by atoms with Gasteiger partial charge in [-0.15, -0.1) is 0 Å². The molecular weight excluding hydrogens is 330 g/mol. The van der Waals surface area contributed by atoms with E-state index in [4.69, 9.17) is 9.47 Å². The van der Waals surface area contributed by atoms with E-state index in [0.717, 1.165) is 16.8 Å².